The van der Waals surface area contributed by atoms with Crippen molar-refractivity contribution in [3.8, 4) is 11.5 Å². The first-order valence-corrected chi connectivity index (χ1v) is 13.2. The molecule has 5 nitrogen and oxygen atoms in total. The van der Waals surface area contributed by atoms with Crippen molar-refractivity contribution in [1.82, 2.24) is 4.90 Å². The van der Waals surface area contributed by atoms with Crippen LogP contribution in [0.25, 0.3) is 0 Å². The zero-order valence-electron chi connectivity index (χ0n) is 22.5. The van der Waals surface area contributed by atoms with Gasteiger partial charge in [0.1, 0.15) is 0 Å². The van der Waals surface area contributed by atoms with Crippen molar-refractivity contribution in [2.24, 2.45) is 10.8 Å². The van der Waals surface area contributed by atoms with Crippen LogP contribution in [0.15, 0.2) is 40.7 Å². The Morgan fingerprint density at radius 1 is 0.800 bits per heavy atom. The molecule has 0 spiro atoms. The summed E-state index contributed by atoms with van der Waals surface area (Å²) >= 11 is 0. The van der Waals surface area contributed by atoms with Gasteiger partial charge in [-0.15, -0.1) is 0 Å². The van der Waals surface area contributed by atoms with Crippen LogP contribution in [0.3, 0.4) is 0 Å². The molecular formula is C30H41NO4. The molecule has 1 aliphatic heterocycles. The van der Waals surface area contributed by atoms with E-state index in [1.807, 2.05) is 32.0 Å². The lowest BCUT2D eigenvalue weighted by atomic mass is 9.63. The molecule has 2 aliphatic carbocycles. The topological polar surface area (TPSA) is 55.8 Å². The largest absolute Gasteiger partial charge is 0.490 e. The fourth-order valence-electron chi connectivity index (χ4n) is 6.12. The standard InChI is InChI=1S/C30H41NO4/c1-8-13-31-20-15-29(4,5)17-22(32)27(20)26(28-21(31)16-30(6,7)18-23(28)33)19-11-12-24(34-9-2)25(14-19)35-10-3/h11-12,14,26H,8-10,13,15-18H2,1-7H3. The highest BCUT2D eigenvalue weighted by Crippen LogP contribution is 2.54. The van der Waals surface area contributed by atoms with E-state index in [0.717, 1.165) is 53.9 Å². The number of carbonyl (C=O) groups excluding carboxylic acids is 2. The molecule has 1 heterocycles. The SMILES string of the molecule is CCCN1C2=C(C(=O)CC(C)(C)C2)C(c2ccc(OCC)c(OCC)c2)C2=C1CC(C)(C)CC2=O. The van der Waals surface area contributed by atoms with Gasteiger partial charge in [-0.25, -0.2) is 0 Å². The summed E-state index contributed by atoms with van der Waals surface area (Å²) in [6.45, 7) is 16.7. The van der Waals surface area contributed by atoms with Crippen LogP contribution in [0.4, 0.5) is 0 Å². The van der Waals surface area contributed by atoms with Crippen molar-refractivity contribution in [3.05, 3.63) is 46.3 Å². The van der Waals surface area contributed by atoms with Crippen LogP contribution in [0.5, 0.6) is 11.5 Å². The molecule has 1 aromatic carbocycles. The molecule has 0 bridgehead atoms. The normalized spacial score (nSPS) is 21.7. The Hall–Kier alpha value is -2.56. The van der Waals surface area contributed by atoms with Crippen molar-refractivity contribution in [2.45, 2.75) is 86.5 Å². The molecule has 5 heteroatoms. The zero-order valence-corrected chi connectivity index (χ0v) is 22.5. The lowest BCUT2D eigenvalue weighted by Crippen LogP contribution is -2.44. The third-order valence-corrected chi connectivity index (χ3v) is 7.37. The number of nitrogens with zero attached hydrogens (tertiary/aromatic N) is 1. The minimum atomic E-state index is -0.352. The van der Waals surface area contributed by atoms with E-state index in [0.29, 0.717) is 37.6 Å². The van der Waals surface area contributed by atoms with Gasteiger partial charge in [-0.1, -0.05) is 40.7 Å². The van der Waals surface area contributed by atoms with E-state index in [2.05, 4.69) is 39.5 Å². The lowest BCUT2D eigenvalue weighted by molar-refractivity contribution is -0.119. The van der Waals surface area contributed by atoms with Crippen molar-refractivity contribution in [1.29, 1.82) is 0 Å². The lowest BCUT2D eigenvalue weighted by Gasteiger charge is -2.49. The number of benzene rings is 1. The van der Waals surface area contributed by atoms with Crippen molar-refractivity contribution < 1.29 is 19.1 Å². The Bertz CT molecular complexity index is 1040. The van der Waals surface area contributed by atoms with E-state index in [4.69, 9.17) is 9.47 Å². The summed E-state index contributed by atoms with van der Waals surface area (Å²) in [6, 6.07) is 5.93. The summed E-state index contributed by atoms with van der Waals surface area (Å²) in [5, 5.41) is 0. The molecule has 190 valence electrons. The van der Waals surface area contributed by atoms with E-state index in [-0.39, 0.29) is 28.3 Å². The molecule has 0 saturated heterocycles. The van der Waals surface area contributed by atoms with Gasteiger partial charge in [0.05, 0.1) is 13.2 Å². The smallest absolute Gasteiger partial charge is 0.162 e. The molecule has 0 unspecified atom stereocenters. The predicted octanol–water partition coefficient (Wildman–Crippen LogP) is 6.58. The minimum Gasteiger partial charge on any atom is -0.490 e. The van der Waals surface area contributed by atoms with Crippen LogP contribution in [-0.4, -0.2) is 36.2 Å². The highest BCUT2D eigenvalue weighted by molar-refractivity contribution is 6.06. The molecule has 0 aromatic heterocycles. The monoisotopic (exact) mass is 479 g/mol. The first-order valence-electron chi connectivity index (χ1n) is 13.2. The van der Waals surface area contributed by atoms with Gasteiger partial charge in [-0.2, -0.15) is 0 Å². The van der Waals surface area contributed by atoms with Gasteiger partial charge < -0.3 is 14.4 Å². The summed E-state index contributed by atoms with van der Waals surface area (Å²) < 4.78 is 11.7. The van der Waals surface area contributed by atoms with Crippen LogP contribution in [-0.2, 0) is 9.59 Å². The maximum atomic E-state index is 13.8. The fourth-order valence-corrected chi connectivity index (χ4v) is 6.12. The molecule has 0 fully saturated rings. The second-order valence-electron chi connectivity index (χ2n) is 11.8. The number of Topliss-reactive ketones (excluding diaryl/α,β-unsaturated/α-hetero) is 2. The van der Waals surface area contributed by atoms with Crippen LogP contribution in [0.2, 0.25) is 0 Å². The zero-order chi connectivity index (χ0) is 25.5. The van der Waals surface area contributed by atoms with Gasteiger partial charge in [0.25, 0.3) is 0 Å². The van der Waals surface area contributed by atoms with E-state index in [1.54, 1.807) is 0 Å². The average Bonchev–Trinajstić information content (AvgIpc) is 2.74. The third kappa shape index (κ3) is 4.79. The van der Waals surface area contributed by atoms with Crippen molar-refractivity contribution >= 4 is 11.6 Å². The van der Waals surface area contributed by atoms with Gasteiger partial charge in [0.2, 0.25) is 0 Å². The summed E-state index contributed by atoms with van der Waals surface area (Å²) in [6.07, 6.45) is 3.63. The number of hydrogen-bond donors (Lipinski definition) is 0. The summed E-state index contributed by atoms with van der Waals surface area (Å²) in [5.74, 6) is 1.34. The fraction of sp³-hybridized carbons (Fsp3) is 0.600. The van der Waals surface area contributed by atoms with Gasteiger partial charge in [-0.05, 0) is 61.6 Å². The van der Waals surface area contributed by atoms with E-state index in [1.165, 1.54) is 0 Å². The maximum Gasteiger partial charge on any atom is 0.162 e. The Morgan fingerprint density at radius 2 is 1.31 bits per heavy atom. The number of rotatable bonds is 7. The quantitative estimate of drug-likeness (QED) is 0.442. The average molecular weight is 480 g/mol. The molecule has 35 heavy (non-hydrogen) atoms. The molecule has 0 amide bonds. The highest BCUT2D eigenvalue weighted by Gasteiger charge is 2.48. The molecule has 0 saturated carbocycles. The summed E-state index contributed by atoms with van der Waals surface area (Å²) in [4.78, 5) is 29.9. The van der Waals surface area contributed by atoms with Crippen molar-refractivity contribution in [2.75, 3.05) is 19.8 Å². The first kappa shape index (κ1) is 25.5. The van der Waals surface area contributed by atoms with Crippen LogP contribution in [0, 0.1) is 10.8 Å². The number of hydrogen-bond acceptors (Lipinski definition) is 5. The van der Waals surface area contributed by atoms with E-state index < -0.39 is 0 Å². The highest BCUT2D eigenvalue weighted by atomic mass is 16.5. The molecule has 4 rings (SSSR count). The third-order valence-electron chi connectivity index (χ3n) is 7.37. The van der Waals surface area contributed by atoms with Crippen LogP contribution >= 0.6 is 0 Å². The molecule has 0 N–H and O–H groups in total. The second kappa shape index (κ2) is 9.48. The Labute approximate surface area is 210 Å². The molecule has 0 atom stereocenters. The number of ketones is 2. The van der Waals surface area contributed by atoms with E-state index >= 15 is 0 Å². The summed E-state index contributed by atoms with van der Waals surface area (Å²) in [7, 11) is 0. The van der Waals surface area contributed by atoms with Gasteiger partial charge in [0.15, 0.2) is 23.1 Å². The number of ether oxygens (including phenoxy) is 2. The van der Waals surface area contributed by atoms with Crippen molar-refractivity contribution in [3.63, 3.8) is 0 Å². The Morgan fingerprint density at radius 3 is 1.80 bits per heavy atom. The molecule has 3 aliphatic rings. The molecular weight excluding hydrogens is 438 g/mol. The molecule has 0 radical (unpaired) electrons. The number of allylic oxidation sites excluding steroid dienone is 4. The number of carbonyl (C=O) groups is 2. The van der Waals surface area contributed by atoms with E-state index in [9.17, 15) is 9.59 Å². The first-order chi connectivity index (χ1) is 16.5. The van der Waals surface area contributed by atoms with Crippen LogP contribution in [0.1, 0.15) is 92.1 Å². The Balaban J connectivity index is 1.97. The molecule has 1 aromatic rings. The van der Waals surface area contributed by atoms with Gasteiger partial charge in [-0.3, -0.25) is 9.59 Å². The predicted molar refractivity (Wildman–Crippen MR) is 139 cm³/mol. The van der Waals surface area contributed by atoms with Gasteiger partial charge in [0, 0.05) is 47.8 Å². The Kier molecular flexibility index (Phi) is 6.91. The van der Waals surface area contributed by atoms with Gasteiger partial charge >= 0.3 is 0 Å². The summed E-state index contributed by atoms with van der Waals surface area (Å²) in [5.41, 5.74) is 4.60. The maximum absolute atomic E-state index is 13.8. The van der Waals surface area contributed by atoms with Crippen LogP contribution < -0.4 is 9.47 Å². The minimum absolute atomic E-state index is 0.103. The second-order valence-corrected chi connectivity index (χ2v) is 11.8.